The Hall–Kier alpha value is -0.646. The molecule has 144 valence electrons. The van der Waals surface area contributed by atoms with Gasteiger partial charge in [0.25, 0.3) is 0 Å². The van der Waals surface area contributed by atoms with Gasteiger partial charge in [0.05, 0.1) is 19.3 Å². The highest BCUT2D eigenvalue weighted by Gasteiger charge is 2.24. The van der Waals surface area contributed by atoms with Crippen molar-refractivity contribution in [1.82, 2.24) is 0 Å². The highest BCUT2D eigenvalue weighted by Crippen LogP contribution is 2.14. The fourth-order valence-corrected chi connectivity index (χ4v) is 4.24. The van der Waals surface area contributed by atoms with Gasteiger partial charge in [0.15, 0.2) is 8.32 Å². The molecule has 0 radical (unpaired) electrons. The summed E-state index contributed by atoms with van der Waals surface area (Å²) in [6.45, 7) is 12.7. The van der Waals surface area contributed by atoms with E-state index >= 15 is 0 Å². The van der Waals surface area contributed by atoms with E-state index in [1.54, 1.807) is 0 Å². The minimum Gasteiger partial charge on any atom is -0.409 e. The van der Waals surface area contributed by atoms with Crippen LogP contribution in [0.2, 0.25) is 32.7 Å². The topological polar surface area (TPSA) is 18.5 Å². The summed E-state index contributed by atoms with van der Waals surface area (Å²) in [5.41, 5.74) is 4.65. The molecule has 5 heteroatoms. The molecule has 1 atom stereocenters. The van der Waals surface area contributed by atoms with Gasteiger partial charge in [0.2, 0.25) is 0 Å². The molecule has 0 aromatic heterocycles. The van der Waals surface area contributed by atoms with E-state index in [2.05, 4.69) is 84.4 Å². The number of benzene rings is 1. The van der Waals surface area contributed by atoms with Crippen molar-refractivity contribution in [3.05, 3.63) is 48.0 Å². The van der Waals surface area contributed by atoms with E-state index in [0.29, 0.717) is 6.61 Å². The predicted molar refractivity (Wildman–Crippen MR) is 122 cm³/mol. The van der Waals surface area contributed by atoms with Crippen LogP contribution < -0.4 is 0 Å². The zero-order valence-electron chi connectivity index (χ0n) is 16.8. The second kappa shape index (κ2) is 11.9. The van der Waals surface area contributed by atoms with E-state index < -0.39 is 16.4 Å². The molecular weight excluding hydrogens is 420 g/mol. The molecule has 0 amide bonds. The molecule has 0 saturated heterocycles. The molecule has 0 aliphatic rings. The van der Waals surface area contributed by atoms with Gasteiger partial charge in [-0.2, -0.15) is 0 Å². The van der Waals surface area contributed by atoms with Crippen molar-refractivity contribution >= 4 is 32.3 Å². The fourth-order valence-electron chi connectivity index (χ4n) is 2.17. The molecule has 26 heavy (non-hydrogen) atoms. The highest BCUT2D eigenvalue weighted by molar-refractivity contribution is 9.09. The minimum atomic E-state index is -1.68. The Morgan fingerprint density at radius 3 is 2.42 bits per heavy atom. The lowest BCUT2D eigenvalue weighted by Gasteiger charge is -2.25. The molecule has 1 aromatic carbocycles. The van der Waals surface area contributed by atoms with Gasteiger partial charge in [-0.05, 0) is 25.1 Å². The maximum atomic E-state index is 6.36. The largest absolute Gasteiger partial charge is 0.409 e. The number of alkyl halides is 1. The molecule has 2 nitrogen and oxygen atoms in total. The third-order valence-corrected chi connectivity index (χ3v) is 10.0. The van der Waals surface area contributed by atoms with Crippen molar-refractivity contribution in [2.45, 2.75) is 58.3 Å². The summed E-state index contributed by atoms with van der Waals surface area (Å²) >= 11 is 3.59. The summed E-state index contributed by atoms with van der Waals surface area (Å²) in [5.74, 6) is 3.36. The minimum absolute atomic E-state index is 0.0761. The first-order valence-electron chi connectivity index (χ1n) is 9.24. The average Bonchev–Trinajstić information content (AvgIpc) is 2.57. The van der Waals surface area contributed by atoms with Crippen LogP contribution in [0.1, 0.15) is 18.4 Å². The van der Waals surface area contributed by atoms with E-state index in [-0.39, 0.29) is 6.10 Å². The summed E-state index contributed by atoms with van der Waals surface area (Å²) in [7, 11) is -3.01. The van der Waals surface area contributed by atoms with Crippen LogP contribution in [0.3, 0.4) is 0 Å². The Morgan fingerprint density at radius 2 is 1.81 bits per heavy atom. The smallest absolute Gasteiger partial charge is 0.197 e. The van der Waals surface area contributed by atoms with E-state index in [9.17, 15) is 0 Å². The third kappa shape index (κ3) is 11.9. The van der Waals surface area contributed by atoms with Crippen LogP contribution in [-0.2, 0) is 15.8 Å². The molecule has 0 N–H and O–H groups in total. The first kappa shape index (κ1) is 23.4. The second-order valence-electron chi connectivity index (χ2n) is 8.06. The van der Waals surface area contributed by atoms with Crippen molar-refractivity contribution in [2.24, 2.45) is 0 Å². The van der Waals surface area contributed by atoms with Gasteiger partial charge in [-0.15, -0.1) is 11.5 Å². The van der Waals surface area contributed by atoms with Crippen LogP contribution in [0.5, 0.6) is 0 Å². The zero-order valence-corrected chi connectivity index (χ0v) is 20.4. The van der Waals surface area contributed by atoms with Crippen molar-refractivity contribution in [3.8, 4) is 11.5 Å². The van der Waals surface area contributed by atoms with Crippen LogP contribution in [0.4, 0.5) is 0 Å². The van der Waals surface area contributed by atoms with Crippen molar-refractivity contribution in [1.29, 1.82) is 0 Å². The second-order valence-corrected chi connectivity index (χ2v) is 18.5. The summed E-state index contributed by atoms with van der Waals surface area (Å²) in [5, 5.41) is 0. The Kier molecular flexibility index (Phi) is 10.7. The summed E-state index contributed by atoms with van der Waals surface area (Å²) in [6.07, 6.45) is 6.08. The zero-order chi connectivity index (χ0) is 19.5. The fraction of sp³-hybridized carbons (Fsp3) is 0.524. The van der Waals surface area contributed by atoms with Gasteiger partial charge in [-0.3, -0.25) is 0 Å². The predicted octanol–water partition coefficient (Wildman–Crippen LogP) is 5.94. The monoisotopic (exact) mass is 452 g/mol. The lowest BCUT2D eigenvalue weighted by Crippen LogP contribution is -2.37. The molecule has 0 saturated carbocycles. The van der Waals surface area contributed by atoms with Crippen molar-refractivity contribution < 1.29 is 9.16 Å². The van der Waals surface area contributed by atoms with Crippen LogP contribution in [0, 0.1) is 11.5 Å². The van der Waals surface area contributed by atoms with Crippen molar-refractivity contribution in [3.63, 3.8) is 0 Å². The molecule has 0 aliphatic carbocycles. The van der Waals surface area contributed by atoms with Gasteiger partial charge < -0.3 is 9.16 Å². The SMILES string of the molecule is C[Si](C)(C)C#CCC(/C=C\CCOCc1ccccc1)O[Si](C)(C)CBr. The number of ether oxygens (including phenoxy) is 1. The average molecular weight is 454 g/mol. The normalized spacial score (nSPS) is 13.5. The quantitative estimate of drug-likeness (QED) is 0.143. The number of hydrogen-bond donors (Lipinski definition) is 0. The maximum absolute atomic E-state index is 6.36. The van der Waals surface area contributed by atoms with Crippen molar-refractivity contribution in [2.75, 3.05) is 11.6 Å². The molecular formula is C21H33BrO2Si2. The molecule has 0 aliphatic heterocycles. The Labute approximate surface area is 170 Å². The van der Waals surface area contributed by atoms with Crippen LogP contribution >= 0.6 is 15.9 Å². The third-order valence-electron chi connectivity index (χ3n) is 3.45. The highest BCUT2D eigenvalue weighted by atomic mass is 79.9. The van der Waals surface area contributed by atoms with Gasteiger partial charge >= 0.3 is 0 Å². The molecule has 0 bridgehead atoms. The summed E-state index contributed by atoms with van der Waals surface area (Å²) in [6, 6.07) is 10.3. The number of halogens is 1. The lowest BCUT2D eigenvalue weighted by molar-refractivity contribution is 0.125. The number of hydrogen-bond acceptors (Lipinski definition) is 2. The van der Waals surface area contributed by atoms with Crippen LogP contribution in [0.15, 0.2) is 42.5 Å². The molecule has 1 rings (SSSR count). The van der Waals surface area contributed by atoms with Crippen LogP contribution in [-0.4, -0.2) is 34.1 Å². The van der Waals surface area contributed by atoms with Crippen LogP contribution in [0.25, 0.3) is 0 Å². The number of rotatable bonds is 10. The molecule has 1 unspecified atom stereocenters. The van der Waals surface area contributed by atoms with Gasteiger partial charge in [-0.1, -0.05) is 78.1 Å². The molecule has 1 aromatic rings. The maximum Gasteiger partial charge on any atom is 0.197 e. The molecule has 0 fully saturated rings. The van der Waals surface area contributed by atoms with Gasteiger partial charge in [-0.25, -0.2) is 0 Å². The molecule has 0 heterocycles. The standard InChI is InChI=1S/C21H33BrO2Si2/c1-25(2,3)17-11-15-21(24-26(4,5)19-22)14-9-10-16-23-18-20-12-7-6-8-13-20/h6-9,12-14,21H,10,15-16,18-19H2,1-5H3/b14-9-. The summed E-state index contributed by atoms with van der Waals surface area (Å²) < 4.78 is 12.1. The Balaban J connectivity index is 2.46. The lowest BCUT2D eigenvalue weighted by atomic mass is 10.2. The van der Waals surface area contributed by atoms with Gasteiger partial charge in [0.1, 0.15) is 8.07 Å². The first-order valence-corrected chi connectivity index (χ1v) is 17.0. The first-order chi connectivity index (χ1) is 12.2. The Bertz CT molecular complexity index is 598. The van der Waals surface area contributed by atoms with E-state index in [1.807, 2.05) is 18.2 Å². The van der Waals surface area contributed by atoms with Gasteiger partial charge in [0, 0.05) is 11.4 Å². The van der Waals surface area contributed by atoms with E-state index in [0.717, 1.165) is 24.4 Å². The van der Waals surface area contributed by atoms with E-state index in [1.165, 1.54) is 5.56 Å². The summed E-state index contributed by atoms with van der Waals surface area (Å²) in [4.78, 5) is 0.936. The Morgan fingerprint density at radius 1 is 1.12 bits per heavy atom. The van der Waals surface area contributed by atoms with E-state index in [4.69, 9.17) is 9.16 Å². The molecule has 0 spiro atoms.